The van der Waals surface area contributed by atoms with Crippen LogP contribution in [0.5, 0.6) is 0 Å². The number of hydrogen-bond acceptors (Lipinski definition) is 2. The van der Waals surface area contributed by atoms with Gasteiger partial charge in [-0.15, -0.1) is 0 Å². The lowest BCUT2D eigenvalue weighted by atomic mass is 9.98. The summed E-state index contributed by atoms with van der Waals surface area (Å²) in [6.07, 6.45) is 2.48. The molecule has 0 bridgehead atoms. The maximum absolute atomic E-state index is 5.69. The van der Waals surface area contributed by atoms with E-state index in [1.165, 1.54) is 36.2 Å². The second-order valence-electron chi connectivity index (χ2n) is 4.56. The highest BCUT2D eigenvalue weighted by Gasteiger charge is 2.18. The lowest BCUT2D eigenvalue weighted by Crippen LogP contribution is -2.35. The highest BCUT2D eigenvalue weighted by atomic mass is 15.2. The molecule has 82 valence electrons. The molecule has 0 amide bonds. The zero-order chi connectivity index (χ0) is 10.8. The van der Waals surface area contributed by atoms with Crippen LogP contribution in [0.15, 0.2) is 18.2 Å². The Labute approximate surface area is 92.1 Å². The molecule has 0 fully saturated rings. The number of anilines is 1. The van der Waals surface area contributed by atoms with E-state index in [4.69, 9.17) is 5.73 Å². The first-order valence-electron chi connectivity index (χ1n) is 5.81. The maximum Gasteiger partial charge on any atom is 0.0404 e. The van der Waals surface area contributed by atoms with Gasteiger partial charge in [0, 0.05) is 24.8 Å². The largest absolute Gasteiger partial charge is 0.369 e. The zero-order valence-corrected chi connectivity index (χ0v) is 9.66. The Morgan fingerprint density at radius 2 is 2.20 bits per heavy atom. The molecule has 0 aromatic heterocycles. The van der Waals surface area contributed by atoms with Gasteiger partial charge in [-0.2, -0.15) is 0 Å². The van der Waals surface area contributed by atoms with Crippen molar-refractivity contribution in [2.75, 3.05) is 11.4 Å². The van der Waals surface area contributed by atoms with Gasteiger partial charge in [0.1, 0.15) is 0 Å². The summed E-state index contributed by atoms with van der Waals surface area (Å²) >= 11 is 0. The predicted molar refractivity (Wildman–Crippen MR) is 65.1 cm³/mol. The standard InChI is InChI=1S/C13H20N2/c1-10(2)15-7-3-4-12-6-5-11(9-14)8-13(12)15/h5-6,8,10H,3-4,7,9,14H2,1-2H3. The predicted octanol–water partition coefficient (Wildman–Crippen LogP) is 2.31. The normalized spacial score (nSPS) is 15.6. The molecule has 1 heterocycles. The van der Waals surface area contributed by atoms with Crippen LogP contribution in [0.2, 0.25) is 0 Å². The van der Waals surface area contributed by atoms with Crippen molar-refractivity contribution in [1.82, 2.24) is 0 Å². The minimum Gasteiger partial charge on any atom is -0.369 e. The molecule has 1 aliphatic rings. The number of hydrogen-bond donors (Lipinski definition) is 1. The van der Waals surface area contributed by atoms with Crippen LogP contribution in [0.3, 0.4) is 0 Å². The van der Waals surface area contributed by atoms with Crippen molar-refractivity contribution in [2.24, 2.45) is 5.73 Å². The van der Waals surface area contributed by atoms with E-state index in [0.717, 1.165) is 0 Å². The molecular weight excluding hydrogens is 184 g/mol. The van der Waals surface area contributed by atoms with Crippen LogP contribution >= 0.6 is 0 Å². The molecular formula is C13H20N2. The fourth-order valence-electron chi connectivity index (χ4n) is 2.31. The summed E-state index contributed by atoms with van der Waals surface area (Å²) in [7, 11) is 0. The molecule has 1 aromatic rings. The van der Waals surface area contributed by atoms with Gasteiger partial charge in [0.15, 0.2) is 0 Å². The van der Waals surface area contributed by atoms with E-state index >= 15 is 0 Å². The Kier molecular flexibility index (Phi) is 2.96. The minimum atomic E-state index is 0.581. The molecule has 1 aromatic carbocycles. The quantitative estimate of drug-likeness (QED) is 0.801. The van der Waals surface area contributed by atoms with Gasteiger partial charge in [-0.05, 0) is 43.9 Å². The highest BCUT2D eigenvalue weighted by Crippen LogP contribution is 2.29. The Hall–Kier alpha value is -1.02. The van der Waals surface area contributed by atoms with Crippen LogP contribution < -0.4 is 10.6 Å². The third-order valence-corrected chi connectivity index (χ3v) is 3.16. The van der Waals surface area contributed by atoms with Crippen molar-refractivity contribution in [1.29, 1.82) is 0 Å². The van der Waals surface area contributed by atoms with Crippen LogP contribution in [0.25, 0.3) is 0 Å². The molecule has 2 nitrogen and oxygen atoms in total. The number of benzene rings is 1. The Balaban J connectivity index is 2.39. The average Bonchev–Trinajstić information content (AvgIpc) is 2.27. The Morgan fingerprint density at radius 1 is 1.40 bits per heavy atom. The number of nitrogens with zero attached hydrogens (tertiary/aromatic N) is 1. The van der Waals surface area contributed by atoms with Crippen LogP contribution in [-0.4, -0.2) is 12.6 Å². The van der Waals surface area contributed by atoms with Gasteiger partial charge < -0.3 is 10.6 Å². The molecule has 1 aliphatic heterocycles. The van der Waals surface area contributed by atoms with E-state index in [-0.39, 0.29) is 0 Å². The second kappa shape index (κ2) is 4.23. The fourth-order valence-corrected chi connectivity index (χ4v) is 2.31. The van der Waals surface area contributed by atoms with Crippen LogP contribution in [0.4, 0.5) is 5.69 Å². The van der Waals surface area contributed by atoms with Gasteiger partial charge in [0.05, 0.1) is 0 Å². The summed E-state index contributed by atoms with van der Waals surface area (Å²) in [6, 6.07) is 7.24. The second-order valence-corrected chi connectivity index (χ2v) is 4.56. The summed E-state index contributed by atoms with van der Waals surface area (Å²) < 4.78 is 0. The third-order valence-electron chi connectivity index (χ3n) is 3.16. The molecule has 0 spiro atoms. The topological polar surface area (TPSA) is 29.3 Å². The van der Waals surface area contributed by atoms with Crippen molar-refractivity contribution >= 4 is 5.69 Å². The number of rotatable bonds is 2. The summed E-state index contributed by atoms with van der Waals surface area (Å²) in [5.41, 5.74) is 9.80. The van der Waals surface area contributed by atoms with E-state index in [0.29, 0.717) is 12.6 Å². The lowest BCUT2D eigenvalue weighted by molar-refractivity contribution is 0.625. The van der Waals surface area contributed by atoms with Crippen molar-refractivity contribution < 1.29 is 0 Å². The van der Waals surface area contributed by atoms with Crippen LogP contribution in [0, 0.1) is 0 Å². The monoisotopic (exact) mass is 204 g/mol. The van der Waals surface area contributed by atoms with Gasteiger partial charge in [0.25, 0.3) is 0 Å². The zero-order valence-electron chi connectivity index (χ0n) is 9.66. The Bertz CT molecular complexity index is 344. The summed E-state index contributed by atoms with van der Waals surface area (Å²) in [5.74, 6) is 0. The highest BCUT2D eigenvalue weighted by molar-refractivity contribution is 5.57. The number of nitrogens with two attached hydrogens (primary N) is 1. The summed E-state index contributed by atoms with van der Waals surface area (Å²) in [5, 5.41) is 0. The van der Waals surface area contributed by atoms with Gasteiger partial charge in [-0.25, -0.2) is 0 Å². The SMILES string of the molecule is CC(C)N1CCCc2ccc(CN)cc21. The van der Waals surface area contributed by atoms with Crippen molar-refractivity contribution in [2.45, 2.75) is 39.3 Å². The van der Waals surface area contributed by atoms with Gasteiger partial charge in [0.2, 0.25) is 0 Å². The average molecular weight is 204 g/mol. The smallest absolute Gasteiger partial charge is 0.0404 e. The summed E-state index contributed by atoms with van der Waals surface area (Å²) in [4.78, 5) is 2.48. The van der Waals surface area contributed by atoms with Crippen LogP contribution in [-0.2, 0) is 13.0 Å². The third kappa shape index (κ3) is 2.00. The molecule has 0 unspecified atom stereocenters. The first-order valence-corrected chi connectivity index (χ1v) is 5.81. The van der Waals surface area contributed by atoms with E-state index in [9.17, 15) is 0 Å². The van der Waals surface area contributed by atoms with E-state index in [2.05, 4.69) is 36.9 Å². The first kappa shape index (κ1) is 10.5. The molecule has 2 rings (SSSR count). The number of aryl methyl sites for hydroxylation is 1. The molecule has 2 heteroatoms. The van der Waals surface area contributed by atoms with Crippen molar-refractivity contribution in [3.8, 4) is 0 Å². The molecule has 15 heavy (non-hydrogen) atoms. The first-order chi connectivity index (χ1) is 7.22. The molecule has 0 atom stereocenters. The van der Waals surface area contributed by atoms with E-state index < -0.39 is 0 Å². The fraction of sp³-hybridized carbons (Fsp3) is 0.538. The Morgan fingerprint density at radius 3 is 2.87 bits per heavy atom. The van der Waals surface area contributed by atoms with Gasteiger partial charge >= 0.3 is 0 Å². The van der Waals surface area contributed by atoms with Gasteiger partial charge in [-0.3, -0.25) is 0 Å². The molecule has 0 saturated heterocycles. The molecule has 0 radical (unpaired) electrons. The molecule has 2 N–H and O–H groups in total. The lowest BCUT2D eigenvalue weighted by Gasteiger charge is -2.35. The summed E-state index contributed by atoms with van der Waals surface area (Å²) in [6.45, 7) is 6.33. The van der Waals surface area contributed by atoms with Crippen molar-refractivity contribution in [3.63, 3.8) is 0 Å². The molecule has 0 saturated carbocycles. The van der Waals surface area contributed by atoms with E-state index in [1.54, 1.807) is 0 Å². The minimum absolute atomic E-state index is 0.581. The molecule has 0 aliphatic carbocycles. The van der Waals surface area contributed by atoms with Crippen LogP contribution in [0.1, 0.15) is 31.4 Å². The maximum atomic E-state index is 5.69. The van der Waals surface area contributed by atoms with Gasteiger partial charge in [-0.1, -0.05) is 12.1 Å². The number of fused-ring (bicyclic) bond motifs is 1. The van der Waals surface area contributed by atoms with E-state index in [1.807, 2.05) is 0 Å². The van der Waals surface area contributed by atoms with Crippen molar-refractivity contribution in [3.05, 3.63) is 29.3 Å².